The first-order valence-electron chi connectivity index (χ1n) is 8.83. The van der Waals surface area contributed by atoms with Crippen molar-refractivity contribution in [2.75, 3.05) is 12.4 Å². The molecule has 0 spiro atoms. The number of para-hydroxylation sites is 1. The predicted octanol–water partition coefficient (Wildman–Crippen LogP) is 4.23. The van der Waals surface area contributed by atoms with E-state index in [1.807, 2.05) is 49.4 Å². The number of aryl methyl sites for hydroxylation is 1. The van der Waals surface area contributed by atoms with Crippen LogP contribution in [0.25, 0.3) is 16.7 Å². The number of methoxy groups -OCH3 is 1. The molecule has 7 nitrogen and oxygen atoms in total. The van der Waals surface area contributed by atoms with Gasteiger partial charge in [0, 0.05) is 18.0 Å². The summed E-state index contributed by atoms with van der Waals surface area (Å²) in [4.78, 5) is 16.5. The van der Waals surface area contributed by atoms with Crippen molar-refractivity contribution in [3.63, 3.8) is 0 Å². The van der Waals surface area contributed by atoms with E-state index in [9.17, 15) is 4.79 Å². The van der Waals surface area contributed by atoms with Gasteiger partial charge in [-0.3, -0.25) is 4.79 Å². The van der Waals surface area contributed by atoms with Crippen LogP contribution in [-0.2, 0) is 0 Å². The lowest BCUT2D eigenvalue weighted by molar-refractivity contribution is 0.100. The Labute approximate surface area is 172 Å². The molecule has 0 unspecified atom stereocenters. The van der Waals surface area contributed by atoms with Gasteiger partial charge >= 0.3 is 0 Å². The number of primary amides is 1. The molecule has 29 heavy (non-hydrogen) atoms. The maximum atomic E-state index is 12.1. The van der Waals surface area contributed by atoms with E-state index >= 15 is 0 Å². The fourth-order valence-corrected chi connectivity index (χ4v) is 3.42. The molecule has 0 radical (unpaired) electrons. The standard InChI is InChI=1S/C21H18ClN5O2/c1-12-18-19(25-13-6-5-7-14(10-13)29-2)15(20(23)28)11-24-21(18)27(26-12)17-9-4-3-8-16(17)22/h3-11H,1-2H3,(H2,23,28)(H,24,25). The molecule has 146 valence electrons. The topological polar surface area (TPSA) is 95.1 Å². The average molecular weight is 408 g/mol. The van der Waals surface area contributed by atoms with E-state index in [0.29, 0.717) is 38.9 Å². The molecule has 4 aromatic rings. The van der Waals surface area contributed by atoms with Crippen molar-refractivity contribution < 1.29 is 9.53 Å². The number of nitrogens with one attached hydrogen (secondary N) is 1. The number of rotatable bonds is 5. The van der Waals surface area contributed by atoms with Crippen LogP contribution in [0.15, 0.2) is 54.7 Å². The van der Waals surface area contributed by atoms with Gasteiger partial charge in [0.15, 0.2) is 5.65 Å². The molecule has 2 aromatic heterocycles. The Kier molecular flexibility index (Phi) is 4.82. The van der Waals surface area contributed by atoms with Crippen LogP contribution in [0.5, 0.6) is 5.75 Å². The number of carbonyl (C=O) groups excluding carboxylic acids is 1. The minimum atomic E-state index is -0.588. The number of nitrogens with two attached hydrogens (primary N) is 1. The second-order valence-electron chi connectivity index (χ2n) is 6.42. The van der Waals surface area contributed by atoms with E-state index in [2.05, 4.69) is 15.4 Å². The first-order valence-corrected chi connectivity index (χ1v) is 9.21. The Bertz CT molecular complexity index is 1240. The molecule has 0 aliphatic heterocycles. The highest BCUT2D eigenvalue weighted by Gasteiger charge is 2.21. The van der Waals surface area contributed by atoms with Crippen molar-refractivity contribution in [1.29, 1.82) is 0 Å². The van der Waals surface area contributed by atoms with Crippen molar-refractivity contribution in [3.8, 4) is 11.4 Å². The summed E-state index contributed by atoms with van der Waals surface area (Å²) in [6.07, 6.45) is 1.45. The molecule has 4 rings (SSSR count). The Morgan fingerprint density at radius 1 is 1.21 bits per heavy atom. The van der Waals surface area contributed by atoms with Crippen LogP contribution < -0.4 is 15.8 Å². The monoisotopic (exact) mass is 407 g/mol. The number of fused-ring (bicyclic) bond motifs is 1. The van der Waals surface area contributed by atoms with Crippen molar-refractivity contribution in [3.05, 3.63) is 71.0 Å². The van der Waals surface area contributed by atoms with Gasteiger partial charge in [-0.05, 0) is 31.2 Å². The number of halogens is 1. The highest BCUT2D eigenvalue weighted by atomic mass is 35.5. The van der Waals surface area contributed by atoms with Crippen LogP contribution in [0.3, 0.4) is 0 Å². The summed E-state index contributed by atoms with van der Waals surface area (Å²) in [6.45, 7) is 1.85. The van der Waals surface area contributed by atoms with Crippen LogP contribution in [0.1, 0.15) is 16.1 Å². The zero-order chi connectivity index (χ0) is 20.5. The third-order valence-corrected chi connectivity index (χ3v) is 4.88. The molecule has 0 atom stereocenters. The van der Waals surface area contributed by atoms with Gasteiger partial charge in [0.05, 0.1) is 40.2 Å². The molecule has 0 bridgehead atoms. The second kappa shape index (κ2) is 7.44. The Morgan fingerprint density at radius 2 is 2.00 bits per heavy atom. The van der Waals surface area contributed by atoms with E-state index in [4.69, 9.17) is 22.1 Å². The summed E-state index contributed by atoms with van der Waals surface area (Å²) in [6, 6.07) is 14.7. The average Bonchev–Trinajstić information content (AvgIpc) is 3.05. The van der Waals surface area contributed by atoms with Crippen molar-refractivity contribution in [2.24, 2.45) is 5.73 Å². The number of ether oxygens (including phenoxy) is 1. The number of pyridine rings is 1. The minimum absolute atomic E-state index is 0.266. The number of nitrogens with zero attached hydrogens (tertiary/aromatic N) is 3. The van der Waals surface area contributed by atoms with E-state index < -0.39 is 5.91 Å². The first-order chi connectivity index (χ1) is 14.0. The van der Waals surface area contributed by atoms with E-state index in [0.717, 1.165) is 5.69 Å². The van der Waals surface area contributed by atoms with Crippen LogP contribution in [0.2, 0.25) is 5.02 Å². The maximum absolute atomic E-state index is 12.1. The summed E-state index contributed by atoms with van der Waals surface area (Å²) in [5, 5.41) is 9.12. The maximum Gasteiger partial charge on any atom is 0.252 e. The highest BCUT2D eigenvalue weighted by Crippen LogP contribution is 2.34. The highest BCUT2D eigenvalue weighted by molar-refractivity contribution is 6.32. The quantitative estimate of drug-likeness (QED) is 0.516. The number of carbonyl (C=O) groups is 1. The number of hydrogen-bond acceptors (Lipinski definition) is 5. The van der Waals surface area contributed by atoms with Gasteiger partial charge in [-0.25, -0.2) is 9.67 Å². The van der Waals surface area contributed by atoms with Gasteiger partial charge in [0.1, 0.15) is 5.75 Å². The molecule has 2 heterocycles. The van der Waals surface area contributed by atoms with Crippen LogP contribution in [-0.4, -0.2) is 27.8 Å². The molecule has 2 aromatic carbocycles. The normalized spacial score (nSPS) is 10.9. The molecule has 0 saturated carbocycles. The van der Waals surface area contributed by atoms with Gasteiger partial charge in [0.2, 0.25) is 0 Å². The summed E-state index contributed by atoms with van der Waals surface area (Å²) in [5.41, 5.74) is 9.09. The van der Waals surface area contributed by atoms with Crippen LogP contribution in [0.4, 0.5) is 11.4 Å². The van der Waals surface area contributed by atoms with Crippen LogP contribution >= 0.6 is 11.6 Å². The van der Waals surface area contributed by atoms with E-state index in [1.54, 1.807) is 17.9 Å². The Morgan fingerprint density at radius 3 is 2.72 bits per heavy atom. The summed E-state index contributed by atoms with van der Waals surface area (Å²) in [5.74, 6) is 0.0964. The van der Waals surface area contributed by atoms with Gasteiger partial charge in [-0.2, -0.15) is 5.10 Å². The summed E-state index contributed by atoms with van der Waals surface area (Å²) < 4.78 is 6.94. The zero-order valence-electron chi connectivity index (χ0n) is 15.8. The molecule has 8 heteroatoms. The van der Waals surface area contributed by atoms with E-state index in [-0.39, 0.29) is 5.56 Å². The van der Waals surface area contributed by atoms with Gasteiger partial charge in [-0.1, -0.05) is 29.8 Å². The molecule has 0 saturated heterocycles. The van der Waals surface area contributed by atoms with Crippen molar-refractivity contribution in [2.45, 2.75) is 6.92 Å². The molecule has 3 N–H and O–H groups in total. The molecular formula is C21H18ClN5O2. The number of hydrogen-bond donors (Lipinski definition) is 2. The lowest BCUT2D eigenvalue weighted by atomic mass is 10.1. The predicted molar refractivity (Wildman–Crippen MR) is 113 cm³/mol. The lowest BCUT2D eigenvalue weighted by Crippen LogP contribution is -2.14. The van der Waals surface area contributed by atoms with E-state index in [1.165, 1.54) is 6.20 Å². The summed E-state index contributed by atoms with van der Waals surface area (Å²) >= 11 is 6.36. The fourth-order valence-electron chi connectivity index (χ4n) is 3.21. The SMILES string of the molecule is COc1cccc(Nc2c(C(N)=O)cnc3c2c(C)nn3-c2ccccc2Cl)c1. The molecular weight excluding hydrogens is 390 g/mol. The zero-order valence-corrected chi connectivity index (χ0v) is 16.6. The summed E-state index contributed by atoms with van der Waals surface area (Å²) in [7, 11) is 1.59. The molecule has 0 aliphatic carbocycles. The Hall–Kier alpha value is -3.58. The number of benzene rings is 2. The second-order valence-corrected chi connectivity index (χ2v) is 6.82. The van der Waals surface area contributed by atoms with Gasteiger partial charge < -0.3 is 15.8 Å². The first kappa shape index (κ1) is 18.8. The number of anilines is 2. The van der Waals surface area contributed by atoms with Crippen LogP contribution in [0, 0.1) is 6.92 Å². The van der Waals surface area contributed by atoms with Gasteiger partial charge in [-0.15, -0.1) is 0 Å². The fraction of sp³-hybridized carbons (Fsp3) is 0.0952. The van der Waals surface area contributed by atoms with Crippen molar-refractivity contribution in [1.82, 2.24) is 14.8 Å². The number of aromatic nitrogens is 3. The molecule has 0 fully saturated rings. The van der Waals surface area contributed by atoms with Gasteiger partial charge in [0.25, 0.3) is 5.91 Å². The smallest absolute Gasteiger partial charge is 0.252 e. The van der Waals surface area contributed by atoms with Crippen molar-refractivity contribution >= 4 is 39.9 Å². The lowest BCUT2D eigenvalue weighted by Gasteiger charge is -2.13. The Balaban J connectivity index is 1.95. The third kappa shape index (κ3) is 3.36. The third-order valence-electron chi connectivity index (χ3n) is 4.56. The molecule has 0 aliphatic rings. The minimum Gasteiger partial charge on any atom is -0.497 e. The number of amides is 1. The largest absolute Gasteiger partial charge is 0.497 e. The molecule has 1 amide bonds.